The molecule has 2 rings (SSSR count). The zero-order chi connectivity index (χ0) is 6.48. The molecule has 1 aliphatic carbocycles. The minimum Gasteiger partial charge on any atom is -0.511 e. The highest BCUT2D eigenvalue weighted by Crippen LogP contribution is 2.56. The Morgan fingerprint density at radius 1 is 1.67 bits per heavy atom. The van der Waals surface area contributed by atoms with Crippen LogP contribution in [-0.4, -0.2) is 20.4 Å². The first-order chi connectivity index (χ1) is 4.22. The summed E-state index contributed by atoms with van der Waals surface area (Å²) in [4.78, 5) is -0.765. The molecular formula is C6H6O2S. The van der Waals surface area contributed by atoms with Gasteiger partial charge in [0, 0.05) is 0 Å². The van der Waals surface area contributed by atoms with Crippen molar-refractivity contribution in [1.82, 2.24) is 0 Å². The molecule has 0 radical (unpaired) electrons. The minimum atomic E-state index is -0.765. The fraction of sp³-hybridized carbons (Fsp3) is 0.333. The van der Waals surface area contributed by atoms with Crippen molar-refractivity contribution in [2.75, 3.05) is 0 Å². The van der Waals surface area contributed by atoms with Crippen LogP contribution in [0.25, 0.3) is 0 Å². The Bertz CT molecular complexity index is 209. The van der Waals surface area contributed by atoms with E-state index in [2.05, 4.69) is 0 Å². The van der Waals surface area contributed by atoms with Crippen LogP contribution < -0.4 is 0 Å². The molecule has 3 heteroatoms. The van der Waals surface area contributed by atoms with E-state index in [0.717, 1.165) is 0 Å². The van der Waals surface area contributed by atoms with Crippen LogP contribution in [-0.2, 0) is 0 Å². The van der Waals surface area contributed by atoms with Crippen LogP contribution in [0, 0.1) is 0 Å². The van der Waals surface area contributed by atoms with Gasteiger partial charge in [-0.25, -0.2) is 0 Å². The predicted molar refractivity (Wildman–Crippen MR) is 36.2 cm³/mol. The molecule has 0 unspecified atom stereocenters. The summed E-state index contributed by atoms with van der Waals surface area (Å²) >= 11 is 1.36. The molecular weight excluding hydrogens is 136 g/mol. The Morgan fingerprint density at radius 3 is 3.00 bits per heavy atom. The highest BCUT2D eigenvalue weighted by atomic mass is 32.2. The Morgan fingerprint density at radius 2 is 2.44 bits per heavy atom. The van der Waals surface area contributed by atoms with E-state index in [1.54, 1.807) is 18.2 Å². The van der Waals surface area contributed by atoms with Gasteiger partial charge < -0.3 is 10.2 Å². The van der Waals surface area contributed by atoms with Gasteiger partial charge in [-0.15, -0.1) is 11.8 Å². The first kappa shape index (κ1) is 5.38. The standard InChI is InChI=1S/C6H6O2S/c7-4-2-1-3-6(8)5(4)9-6/h1-3,5,7-8H/t5-,6-/m0/s1. The maximum absolute atomic E-state index is 9.29. The quantitative estimate of drug-likeness (QED) is 0.491. The molecule has 2 nitrogen and oxygen atoms in total. The Labute approximate surface area is 56.9 Å². The maximum atomic E-state index is 9.29. The molecule has 2 N–H and O–H groups in total. The van der Waals surface area contributed by atoms with Crippen molar-refractivity contribution in [1.29, 1.82) is 0 Å². The molecule has 0 bridgehead atoms. The molecule has 1 saturated heterocycles. The fourth-order valence-electron chi connectivity index (χ4n) is 0.926. The van der Waals surface area contributed by atoms with Crippen molar-refractivity contribution in [3.8, 4) is 0 Å². The van der Waals surface area contributed by atoms with E-state index >= 15 is 0 Å². The second-order valence-corrected chi connectivity index (χ2v) is 3.56. The third kappa shape index (κ3) is 0.618. The van der Waals surface area contributed by atoms with Gasteiger partial charge >= 0.3 is 0 Å². The number of aliphatic hydroxyl groups is 2. The molecule has 0 aromatic rings. The lowest BCUT2D eigenvalue weighted by molar-refractivity contribution is 0.209. The van der Waals surface area contributed by atoms with E-state index in [0.29, 0.717) is 0 Å². The zero-order valence-electron chi connectivity index (χ0n) is 4.61. The molecule has 1 fully saturated rings. The summed E-state index contributed by atoms with van der Waals surface area (Å²) in [5.41, 5.74) is 0. The van der Waals surface area contributed by atoms with Crippen molar-refractivity contribution in [3.05, 3.63) is 24.0 Å². The van der Waals surface area contributed by atoms with Gasteiger partial charge in [0.2, 0.25) is 0 Å². The highest BCUT2D eigenvalue weighted by molar-refractivity contribution is 8.08. The van der Waals surface area contributed by atoms with Gasteiger partial charge in [-0.2, -0.15) is 0 Å². The molecule has 1 aliphatic heterocycles. The number of hydrogen-bond acceptors (Lipinski definition) is 3. The average Bonchev–Trinajstić information content (AvgIpc) is 2.43. The molecule has 2 aliphatic rings. The topological polar surface area (TPSA) is 40.5 Å². The fourth-order valence-corrected chi connectivity index (χ4v) is 1.79. The second kappa shape index (κ2) is 1.36. The Kier molecular flexibility index (Phi) is 0.811. The van der Waals surface area contributed by atoms with E-state index in [-0.39, 0.29) is 11.0 Å². The van der Waals surface area contributed by atoms with Gasteiger partial charge in [0.1, 0.15) is 15.9 Å². The van der Waals surface area contributed by atoms with Crippen molar-refractivity contribution in [2.45, 2.75) is 10.2 Å². The third-order valence-corrected chi connectivity index (χ3v) is 2.83. The van der Waals surface area contributed by atoms with E-state index in [4.69, 9.17) is 5.11 Å². The first-order valence-corrected chi connectivity index (χ1v) is 3.59. The predicted octanol–water partition coefficient (Wildman–Crippen LogP) is 0.802. The van der Waals surface area contributed by atoms with Crippen molar-refractivity contribution < 1.29 is 10.2 Å². The Balaban J connectivity index is 2.34. The van der Waals surface area contributed by atoms with Crippen molar-refractivity contribution >= 4 is 11.8 Å². The number of aliphatic hydroxyl groups excluding tert-OH is 1. The molecule has 0 aromatic carbocycles. The number of hydrogen-bond donors (Lipinski definition) is 2. The lowest BCUT2D eigenvalue weighted by Crippen LogP contribution is -2.13. The molecule has 48 valence electrons. The van der Waals surface area contributed by atoms with E-state index in [1.165, 1.54) is 11.8 Å². The van der Waals surface area contributed by atoms with Gasteiger partial charge in [-0.05, 0) is 12.2 Å². The van der Waals surface area contributed by atoms with Gasteiger partial charge in [0.05, 0.1) is 0 Å². The summed E-state index contributed by atoms with van der Waals surface area (Å²) in [7, 11) is 0. The number of allylic oxidation sites excluding steroid dienone is 2. The molecule has 0 saturated carbocycles. The van der Waals surface area contributed by atoms with Gasteiger partial charge in [-0.3, -0.25) is 0 Å². The monoisotopic (exact) mass is 142 g/mol. The third-order valence-electron chi connectivity index (χ3n) is 1.50. The SMILES string of the molecule is OC1=CC=C[C@]2(O)S[C@@H]12. The average molecular weight is 142 g/mol. The van der Waals surface area contributed by atoms with Gasteiger partial charge in [0.15, 0.2) is 0 Å². The first-order valence-electron chi connectivity index (χ1n) is 2.71. The van der Waals surface area contributed by atoms with Crippen LogP contribution >= 0.6 is 11.8 Å². The summed E-state index contributed by atoms with van der Waals surface area (Å²) < 4.78 is 0. The van der Waals surface area contributed by atoms with Crippen molar-refractivity contribution in [2.24, 2.45) is 0 Å². The van der Waals surface area contributed by atoms with Gasteiger partial charge in [-0.1, -0.05) is 6.08 Å². The van der Waals surface area contributed by atoms with Gasteiger partial charge in [0.25, 0.3) is 0 Å². The van der Waals surface area contributed by atoms with Crippen LogP contribution in [0.3, 0.4) is 0 Å². The normalized spacial score (nSPS) is 45.9. The number of rotatable bonds is 0. The van der Waals surface area contributed by atoms with Crippen molar-refractivity contribution in [3.63, 3.8) is 0 Å². The smallest absolute Gasteiger partial charge is 0.149 e. The summed E-state index contributed by atoms with van der Waals surface area (Å²) in [5, 5.41) is 18.2. The van der Waals surface area contributed by atoms with Crippen LogP contribution in [0.15, 0.2) is 24.0 Å². The summed E-state index contributed by atoms with van der Waals surface area (Å²) in [6.45, 7) is 0. The summed E-state index contributed by atoms with van der Waals surface area (Å²) in [5.74, 6) is 0.282. The van der Waals surface area contributed by atoms with E-state index in [9.17, 15) is 5.11 Å². The van der Waals surface area contributed by atoms with E-state index < -0.39 is 4.93 Å². The highest BCUT2D eigenvalue weighted by Gasteiger charge is 2.56. The van der Waals surface area contributed by atoms with E-state index in [1.807, 2.05) is 0 Å². The maximum Gasteiger partial charge on any atom is 0.149 e. The largest absolute Gasteiger partial charge is 0.511 e. The molecule has 0 aromatic heterocycles. The van der Waals surface area contributed by atoms with Crippen LogP contribution in [0.5, 0.6) is 0 Å². The summed E-state index contributed by atoms with van der Waals surface area (Å²) in [6, 6.07) is 0. The minimum absolute atomic E-state index is 0.0810. The second-order valence-electron chi connectivity index (χ2n) is 2.20. The van der Waals surface area contributed by atoms with Crippen LogP contribution in [0.4, 0.5) is 0 Å². The molecule has 2 atom stereocenters. The Hall–Kier alpha value is -0.410. The summed E-state index contributed by atoms with van der Waals surface area (Å²) in [6.07, 6.45) is 4.98. The lowest BCUT2D eigenvalue weighted by Gasteiger charge is -2.03. The lowest BCUT2D eigenvalue weighted by atomic mass is 10.1. The molecule has 0 amide bonds. The van der Waals surface area contributed by atoms with Crippen LogP contribution in [0.1, 0.15) is 0 Å². The molecule has 1 heterocycles. The molecule has 9 heavy (non-hydrogen) atoms. The van der Waals surface area contributed by atoms with Crippen LogP contribution in [0.2, 0.25) is 0 Å². The zero-order valence-corrected chi connectivity index (χ0v) is 5.43. The molecule has 0 spiro atoms. The number of fused-ring (bicyclic) bond motifs is 1. The number of thioether (sulfide) groups is 1.